The summed E-state index contributed by atoms with van der Waals surface area (Å²) >= 11 is 6.28. The Morgan fingerprint density at radius 1 is 1.02 bits per heavy atom. The van der Waals surface area contributed by atoms with Gasteiger partial charge in [-0.15, -0.1) is 0 Å². The zero-order valence-electron chi connectivity index (χ0n) is 26.0. The molecule has 2 aromatic rings. The van der Waals surface area contributed by atoms with Gasteiger partial charge in [0, 0.05) is 10.9 Å². The van der Waals surface area contributed by atoms with Gasteiger partial charge in [0.2, 0.25) is 11.8 Å². The first-order valence-electron chi connectivity index (χ1n) is 15.9. The van der Waals surface area contributed by atoms with E-state index < -0.39 is 29.7 Å². The summed E-state index contributed by atoms with van der Waals surface area (Å²) in [4.78, 5) is 52.0. The van der Waals surface area contributed by atoms with Crippen molar-refractivity contribution < 1.29 is 23.9 Å². The third kappa shape index (κ3) is 6.92. The van der Waals surface area contributed by atoms with Crippen LogP contribution in [0.25, 0.3) is 11.0 Å². The van der Waals surface area contributed by atoms with Crippen LogP contribution >= 0.6 is 11.6 Å². The molecular weight excluding hydrogens is 568 g/mol. The van der Waals surface area contributed by atoms with Crippen molar-refractivity contribution in [1.82, 2.24) is 20.2 Å². The summed E-state index contributed by atoms with van der Waals surface area (Å²) in [5, 5.41) is 3.46. The predicted octanol–water partition coefficient (Wildman–Crippen LogP) is 6.28. The molecular formula is C33H45ClN4O5. The molecule has 1 saturated heterocycles. The highest BCUT2D eigenvalue weighted by atomic mass is 35.5. The average Bonchev–Trinajstić information content (AvgIpc) is 3.54. The fourth-order valence-electron chi connectivity index (χ4n) is 7.15. The Bertz CT molecular complexity index is 1360. The molecule has 1 saturated carbocycles. The summed E-state index contributed by atoms with van der Waals surface area (Å²) in [7, 11) is 0. The van der Waals surface area contributed by atoms with Crippen LogP contribution < -0.4 is 10.1 Å². The van der Waals surface area contributed by atoms with Gasteiger partial charge in [-0.2, -0.15) is 0 Å². The predicted molar refractivity (Wildman–Crippen MR) is 165 cm³/mol. The number of carbonyl (C=O) groups is 3. The maximum atomic E-state index is 14.3. The zero-order chi connectivity index (χ0) is 30.9. The molecule has 1 aromatic carbocycles. The third-order valence-electron chi connectivity index (χ3n) is 9.40. The molecule has 2 fully saturated rings. The van der Waals surface area contributed by atoms with E-state index in [1.54, 1.807) is 11.0 Å². The van der Waals surface area contributed by atoms with Crippen LogP contribution in [0.15, 0.2) is 18.2 Å². The van der Waals surface area contributed by atoms with Crippen molar-refractivity contribution in [3.8, 4) is 5.88 Å². The van der Waals surface area contributed by atoms with E-state index in [1.807, 2.05) is 39.8 Å². The number of aromatic nitrogens is 2. The second-order valence-corrected chi connectivity index (χ2v) is 14.0. The number of nitrogens with one attached hydrogen (secondary N) is 1. The molecule has 1 aliphatic carbocycles. The van der Waals surface area contributed by atoms with Crippen LogP contribution in [0.3, 0.4) is 0 Å². The number of ether oxygens (including phenoxy) is 2. The Balaban J connectivity index is 1.54. The molecule has 234 valence electrons. The molecule has 2 amide bonds. The first kappa shape index (κ1) is 31.5. The largest absolute Gasteiger partial charge is 0.471 e. The van der Waals surface area contributed by atoms with E-state index in [0.29, 0.717) is 35.2 Å². The lowest BCUT2D eigenvalue weighted by molar-refractivity contribution is -0.141. The van der Waals surface area contributed by atoms with Crippen LogP contribution in [0.4, 0.5) is 4.79 Å². The minimum Gasteiger partial charge on any atom is -0.471 e. The summed E-state index contributed by atoms with van der Waals surface area (Å²) < 4.78 is 12.6. The third-order valence-corrected chi connectivity index (χ3v) is 9.64. The number of Topliss-reactive ketones (excluding diaryl/α,β-unsaturated/α-hetero) is 1. The van der Waals surface area contributed by atoms with Gasteiger partial charge in [0.1, 0.15) is 23.9 Å². The number of amides is 2. The van der Waals surface area contributed by atoms with Crippen molar-refractivity contribution in [3.05, 3.63) is 28.9 Å². The molecule has 43 heavy (non-hydrogen) atoms. The van der Waals surface area contributed by atoms with Crippen LogP contribution in [0.2, 0.25) is 5.02 Å². The Morgan fingerprint density at radius 3 is 2.51 bits per heavy atom. The number of aryl methyl sites for hydroxylation is 1. The second kappa shape index (κ2) is 13.0. The van der Waals surface area contributed by atoms with E-state index in [9.17, 15) is 14.4 Å². The number of hydrogen-bond donors (Lipinski definition) is 1. The lowest BCUT2D eigenvalue weighted by Crippen LogP contribution is -2.57. The maximum absolute atomic E-state index is 14.3. The topological polar surface area (TPSA) is 111 Å². The van der Waals surface area contributed by atoms with Crippen LogP contribution in [-0.2, 0) is 20.7 Å². The van der Waals surface area contributed by atoms with E-state index in [4.69, 9.17) is 31.0 Å². The number of ketones is 1. The van der Waals surface area contributed by atoms with Crippen LogP contribution in [0, 0.1) is 17.3 Å². The standard InChI is InChI=1S/C33H45ClN4O5/c1-6-22-27-18-38(28(22)19(2)39)31(40)29(33(3,4)5)37-32(41)43-26-14-10-12-20(26)11-8-7-9-13-24-30(42-27)36-25-17-21(34)15-16-23(25)35-24/h15-17,20,22,26-29H,6-14,18H2,1-5H3,(H,37,41)/t20-,22-,26-,27+,28-,29-/m1/s1. The molecule has 6 atom stereocenters. The number of hydrogen-bond acceptors (Lipinski definition) is 7. The summed E-state index contributed by atoms with van der Waals surface area (Å²) in [6, 6.07) is 3.89. The number of rotatable bonds is 2. The van der Waals surface area contributed by atoms with Crippen molar-refractivity contribution in [3.63, 3.8) is 0 Å². The normalized spacial score (nSPS) is 29.1. The summed E-state index contributed by atoms with van der Waals surface area (Å²) in [6.07, 6.45) is 6.95. The molecule has 2 aliphatic heterocycles. The van der Waals surface area contributed by atoms with Gasteiger partial charge in [-0.1, -0.05) is 52.1 Å². The van der Waals surface area contributed by atoms with Crippen molar-refractivity contribution in [1.29, 1.82) is 0 Å². The van der Waals surface area contributed by atoms with Crippen LogP contribution in [0.5, 0.6) is 5.88 Å². The first-order valence-corrected chi connectivity index (χ1v) is 16.2. The van der Waals surface area contributed by atoms with E-state index in [-0.39, 0.29) is 30.3 Å². The van der Waals surface area contributed by atoms with Gasteiger partial charge >= 0.3 is 6.09 Å². The lowest BCUT2D eigenvalue weighted by atomic mass is 9.85. The lowest BCUT2D eigenvalue weighted by Gasteiger charge is -2.35. The SMILES string of the molecule is CC[C@@H]1[C@@H]2CN(C(=O)[C@H](C(C)(C)C)NC(=O)O[C@@H]3CCC[C@H]3CCCCCc3nc4ccc(Cl)cc4nc3O2)[C@@H]1C(C)=O. The summed E-state index contributed by atoms with van der Waals surface area (Å²) in [5.41, 5.74) is 1.54. The molecule has 1 N–H and O–H groups in total. The van der Waals surface area contributed by atoms with Crippen molar-refractivity contribution >= 4 is 40.4 Å². The van der Waals surface area contributed by atoms with E-state index in [1.165, 1.54) is 6.92 Å². The van der Waals surface area contributed by atoms with Gasteiger partial charge in [0.25, 0.3) is 0 Å². The summed E-state index contributed by atoms with van der Waals surface area (Å²) in [5.74, 6) is 0.0675. The Morgan fingerprint density at radius 2 is 1.79 bits per heavy atom. The molecule has 0 unspecified atom stereocenters. The number of nitrogens with zero attached hydrogens (tertiary/aromatic N) is 3. The highest BCUT2D eigenvalue weighted by Crippen LogP contribution is 2.36. The quantitative estimate of drug-likeness (QED) is 0.425. The van der Waals surface area contributed by atoms with Gasteiger partial charge in [-0.05, 0) is 81.4 Å². The number of halogens is 1. The van der Waals surface area contributed by atoms with Crippen LogP contribution in [-0.4, -0.2) is 63.5 Å². The molecule has 10 heteroatoms. The average molecular weight is 613 g/mol. The summed E-state index contributed by atoms with van der Waals surface area (Å²) in [6.45, 7) is 9.44. The molecule has 3 heterocycles. The monoisotopic (exact) mass is 612 g/mol. The van der Waals surface area contributed by atoms with Crippen molar-refractivity contribution in [2.24, 2.45) is 17.3 Å². The smallest absolute Gasteiger partial charge is 0.408 e. The molecule has 9 nitrogen and oxygen atoms in total. The molecule has 1 aromatic heterocycles. The van der Waals surface area contributed by atoms with Crippen molar-refractivity contribution in [2.75, 3.05) is 6.54 Å². The molecule has 3 aliphatic rings. The van der Waals surface area contributed by atoms with Gasteiger partial charge in [0.15, 0.2) is 5.78 Å². The number of alkyl carbamates (subject to hydrolysis) is 1. The first-order chi connectivity index (χ1) is 20.5. The molecule has 5 rings (SSSR count). The Labute approximate surface area is 259 Å². The van der Waals surface area contributed by atoms with E-state index >= 15 is 0 Å². The van der Waals surface area contributed by atoms with Gasteiger partial charge in [-0.25, -0.2) is 14.8 Å². The fraction of sp³-hybridized carbons (Fsp3) is 0.667. The van der Waals surface area contributed by atoms with Crippen LogP contribution in [0.1, 0.15) is 91.7 Å². The minimum absolute atomic E-state index is 0.113. The number of carbonyl (C=O) groups excluding carboxylic acids is 3. The van der Waals surface area contributed by atoms with Gasteiger partial charge in [0.05, 0.1) is 23.6 Å². The highest BCUT2D eigenvalue weighted by Gasteiger charge is 2.50. The highest BCUT2D eigenvalue weighted by molar-refractivity contribution is 6.31. The van der Waals surface area contributed by atoms with Crippen molar-refractivity contribution in [2.45, 2.75) is 117 Å². The van der Waals surface area contributed by atoms with E-state index in [0.717, 1.165) is 56.2 Å². The van der Waals surface area contributed by atoms with E-state index in [2.05, 4.69) is 5.32 Å². The maximum Gasteiger partial charge on any atom is 0.408 e. The number of benzene rings is 1. The molecule has 2 bridgehead atoms. The van der Waals surface area contributed by atoms with Gasteiger partial charge < -0.3 is 19.7 Å². The minimum atomic E-state index is -0.880. The molecule has 0 radical (unpaired) electrons. The van der Waals surface area contributed by atoms with Gasteiger partial charge in [-0.3, -0.25) is 9.59 Å². The Kier molecular flexibility index (Phi) is 9.49. The zero-order valence-corrected chi connectivity index (χ0v) is 26.8. The second-order valence-electron chi connectivity index (χ2n) is 13.6. The fourth-order valence-corrected chi connectivity index (χ4v) is 7.32. The Hall–Kier alpha value is -2.94. The number of fused-ring (bicyclic) bond motifs is 5. The molecule has 0 spiro atoms.